The molecule has 0 bridgehead atoms. The summed E-state index contributed by atoms with van der Waals surface area (Å²) in [5, 5.41) is 10.1. The molecule has 34 heavy (non-hydrogen) atoms. The first-order chi connectivity index (χ1) is 16.5. The van der Waals surface area contributed by atoms with E-state index in [4.69, 9.17) is 20.8 Å². The van der Waals surface area contributed by atoms with Gasteiger partial charge in [0.2, 0.25) is 0 Å². The lowest BCUT2D eigenvalue weighted by Gasteiger charge is -2.06. The van der Waals surface area contributed by atoms with E-state index in [0.29, 0.717) is 27.6 Å². The van der Waals surface area contributed by atoms with Gasteiger partial charge in [0.15, 0.2) is 11.6 Å². The average molecular weight is 537 g/mol. The fourth-order valence-electron chi connectivity index (χ4n) is 3.50. The van der Waals surface area contributed by atoms with E-state index in [2.05, 4.69) is 32.4 Å². The number of nitrogens with zero attached hydrogens (tertiary/aromatic N) is 2. The molecule has 2 aromatic heterocycles. The van der Waals surface area contributed by atoms with Crippen molar-refractivity contribution in [3.05, 3.63) is 112 Å². The summed E-state index contributed by atoms with van der Waals surface area (Å²) < 4.78 is 13.9. The minimum Gasteiger partial charge on any atom is -0.486 e. The van der Waals surface area contributed by atoms with Crippen molar-refractivity contribution in [2.24, 2.45) is 0 Å². The molecule has 0 unspecified atom stereocenters. The molecule has 6 nitrogen and oxygen atoms in total. The molecule has 0 aliphatic rings. The van der Waals surface area contributed by atoms with Crippen molar-refractivity contribution in [2.75, 3.05) is 5.32 Å². The van der Waals surface area contributed by atoms with Crippen molar-refractivity contribution in [1.82, 2.24) is 9.78 Å². The molecule has 8 heteroatoms. The van der Waals surface area contributed by atoms with Crippen molar-refractivity contribution in [2.45, 2.75) is 13.2 Å². The van der Waals surface area contributed by atoms with Crippen LogP contribution in [0.1, 0.15) is 21.9 Å². The van der Waals surface area contributed by atoms with Gasteiger partial charge in [-0.3, -0.25) is 9.48 Å². The number of nitrogens with one attached hydrogen (secondary N) is 1. The van der Waals surface area contributed by atoms with Gasteiger partial charge in [-0.15, -0.1) is 0 Å². The molecular formula is C26H19BrClN3O3. The van der Waals surface area contributed by atoms with Gasteiger partial charge >= 0.3 is 0 Å². The highest BCUT2D eigenvalue weighted by atomic mass is 79.9. The Bertz CT molecular complexity index is 1460. The number of rotatable bonds is 7. The smallest absolute Gasteiger partial charge is 0.292 e. The van der Waals surface area contributed by atoms with Crippen molar-refractivity contribution in [3.63, 3.8) is 0 Å². The summed E-state index contributed by atoms with van der Waals surface area (Å²) in [7, 11) is 0. The largest absolute Gasteiger partial charge is 0.486 e. The topological polar surface area (TPSA) is 69.3 Å². The summed E-state index contributed by atoms with van der Waals surface area (Å²) in [6.45, 7) is 0.758. The lowest BCUT2D eigenvalue weighted by molar-refractivity contribution is 0.0992. The van der Waals surface area contributed by atoms with E-state index >= 15 is 0 Å². The van der Waals surface area contributed by atoms with Gasteiger partial charge in [0, 0.05) is 11.2 Å². The van der Waals surface area contributed by atoms with E-state index in [9.17, 15) is 4.79 Å². The molecule has 0 aliphatic carbocycles. The van der Waals surface area contributed by atoms with Crippen LogP contribution in [-0.2, 0) is 13.2 Å². The van der Waals surface area contributed by atoms with Crippen LogP contribution in [0.2, 0.25) is 5.02 Å². The Morgan fingerprint density at radius 3 is 2.65 bits per heavy atom. The molecule has 0 saturated carbocycles. The number of halogens is 2. The second kappa shape index (κ2) is 9.75. The second-order valence-electron chi connectivity index (χ2n) is 7.67. The molecule has 0 aliphatic heterocycles. The highest BCUT2D eigenvalue weighted by Crippen LogP contribution is 2.24. The molecular weight excluding hydrogens is 518 g/mol. The van der Waals surface area contributed by atoms with E-state index in [-0.39, 0.29) is 12.4 Å². The van der Waals surface area contributed by atoms with Gasteiger partial charge in [0.1, 0.15) is 18.1 Å². The third-order valence-electron chi connectivity index (χ3n) is 5.19. The Morgan fingerprint density at radius 2 is 1.82 bits per heavy atom. The number of carbonyl (C=O) groups is 1. The maximum Gasteiger partial charge on any atom is 0.292 e. The van der Waals surface area contributed by atoms with Crippen LogP contribution in [0.4, 0.5) is 5.82 Å². The minimum absolute atomic E-state index is 0.177. The number of carbonyl (C=O) groups excluding carboxylic acids is 1. The van der Waals surface area contributed by atoms with Crippen LogP contribution >= 0.6 is 27.5 Å². The number of benzene rings is 3. The molecule has 170 valence electrons. The van der Waals surface area contributed by atoms with Crippen molar-refractivity contribution in [3.8, 4) is 5.75 Å². The Labute approximate surface area is 209 Å². The molecule has 0 spiro atoms. The number of hydrogen-bond acceptors (Lipinski definition) is 4. The van der Waals surface area contributed by atoms with Crippen molar-refractivity contribution in [1.29, 1.82) is 0 Å². The molecule has 5 aromatic rings. The maximum atomic E-state index is 12.7. The molecule has 0 saturated heterocycles. The molecule has 1 N–H and O–H groups in total. The first-order valence-corrected chi connectivity index (χ1v) is 11.7. The van der Waals surface area contributed by atoms with E-state index < -0.39 is 5.91 Å². The summed E-state index contributed by atoms with van der Waals surface area (Å²) in [4.78, 5) is 12.7. The van der Waals surface area contributed by atoms with Gasteiger partial charge in [-0.2, -0.15) is 5.10 Å². The number of amides is 1. The Hall–Kier alpha value is -3.55. The van der Waals surface area contributed by atoms with E-state index in [1.165, 1.54) is 0 Å². The predicted octanol–water partition coefficient (Wildman–Crippen LogP) is 6.92. The Morgan fingerprint density at radius 1 is 1.03 bits per heavy atom. The van der Waals surface area contributed by atoms with Gasteiger partial charge in [-0.05, 0) is 68.7 Å². The average Bonchev–Trinajstić information content (AvgIpc) is 3.45. The third kappa shape index (κ3) is 5.16. The third-order valence-corrected chi connectivity index (χ3v) is 6.03. The van der Waals surface area contributed by atoms with Crippen molar-refractivity contribution >= 4 is 50.0 Å². The molecule has 0 atom stereocenters. The van der Waals surface area contributed by atoms with E-state index in [1.54, 1.807) is 23.0 Å². The number of aromatic nitrogens is 2. The summed E-state index contributed by atoms with van der Waals surface area (Å²) >= 11 is 9.39. The first kappa shape index (κ1) is 22.3. The van der Waals surface area contributed by atoms with Crippen LogP contribution in [0.3, 0.4) is 0 Å². The summed E-state index contributed by atoms with van der Waals surface area (Å²) in [5.41, 5.74) is 1.04. The van der Waals surface area contributed by atoms with Crippen LogP contribution in [0.5, 0.6) is 5.75 Å². The van der Waals surface area contributed by atoms with E-state index in [1.807, 2.05) is 60.7 Å². The van der Waals surface area contributed by atoms with Crippen LogP contribution < -0.4 is 10.1 Å². The number of ether oxygens (including phenoxy) is 1. The highest BCUT2D eigenvalue weighted by molar-refractivity contribution is 9.10. The fraction of sp³-hybridized carbons (Fsp3) is 0.0769. The van der Waals surface area contributed by atoms with Crippen LogP contribution in [0.15, 0.2) is 93.9 Å². The quantitative estimate of drug-likeness (QED) is 0.245. The molecule has 2 heterocycles. The SMILES string of the molecule is O=C(Nc1nn(Cc2ccc(Cl)cc2)cc1Br)c1ccc(COc2ccc3ccccc3c2)o1. The molecule has 1 amide bonds. The molecule has 0 radical (unpaired) electrons. The van der Waals surface area contributed by atoms with Gasteiger partial charge in [-0.1, -0.05) is 54.1 Å². The summed E-state index contributed by atoms with van der Waals surface area (Å²) in [6.07, 6.45) is 1.80. The molecule has 3 aromatic carbocycles. The predicted molar refractivity (Wildman–Crippen MR) is 135 cm³/mol. The standard InChI is InChI=1S/C26H19BrClN3O3/c27-23-15-31(14-17-5-8-20(28)9-6-17)30-25(23)29-26(32)24-12-11-22(34-24)16-33-21-10-7-18-3-1-2-4-19(18)13-21/h1-13,15H,14,16H2,(H,29,30,32). The van der Waals surface area contributed by atoms with Gasteiger partial charge in [0.05, 0.1) is 11.0 Å². The summed E-state index contributed by atoms with van der Waals surface area (Å²) in [5.74, 6) is 1.47. The van der Waals surface area contributed by atoms with Crippen LogP contribution in [-0.4, -0.2) is 15.7 Å². The summed E-state index contributed by atoms with van der Waals surface area (Å²) in [6, 6.07) is 24.8. The fourth-order valence-corrected chi connectivity index (χ4v) is 4.04. The number of fused-ring (bicyclic) bond motifs is 1. The molecule has 0 fully saturated rings. The van der Waals surface area contributed by atoms with Crippen molar-refractivity contribution < 1.29 is 13.9 Å². The number of furan rings is 1. The highest BCUT2D eigenvalue weighted by Gasteiger charge is 2.16. The monoisotopic (exact) mass is 535 g/mol. The number of anilines is 1. The zero-order valence-electron chi connectivity index (χ0n) is 17.9. The normalized spacial score (nSPS) is 11.0. The number of hydrogen-bond donors (Lipinski definition) is 1. The van der Waals surface area contributed by atoms with Gasteiger partial charge in [-0.25, -0.2) is 0 Å². The lowest BCUT2D eigenvalue weighted by Crippen LogP contribution is -2.12. The Kier molecular flexibility index (Phi) is 6.38. The molecule has 5 rings (SSSR count). The first-order valence-electron chi connectivity index (χ1n) is 10.5. The van der Waals surface area contributed by atoms with Crippen LogP contribution in [0.25, 0.3) is 10.8 Å². The lowest BCUT2D eigenvalue weighted by atomic mass is 10.1. The second-order valence-corrected chi connectivity index (χ2v) is 8.96. The van der Waals surface area contributed by atoms with Gasteiger partial charge in [0.25, 0.3) is 5.91 Å². The zero-order chi connectivity index (χ0) is 23.5. The Balaban J connectivity index is 1.20. The van der Waals surface area contributed by atoms with Gasteiger partial charge < -0.3 is 14.5 Å². The zero-order valence-corrected chi connectivity index (χ0v) is 20.2. The maximum absolute atomic E-state index is 12.7. The van der Waals surface area contributed by atoms with Crippen LogP contribution in [0, 0.1) is 0 Å². The minimum atomic E-state index is -0.394. The van der Waals surface area contributed by atoms with E-state index in [0.717, 1.165) is 22.1 Å².